The van der Waals surface area contributed by atoms with Crippen LogP contribution in [0, 0.1) is 6.92 Å². The molecule has 0 saturated heterocycles. The highest BCUT2D eigenvalue weighted by molar-refractivity contribution is 5.82. The second kappa shape index (κ2) is 10.4. The van der Waals surface area contributed by atoms with E-state index in [0.717, 1.165) is 39.6 Å². The quantitative estimate of drug-likeness (QED) is 0.171. The number of rotatable bonds is 7. The molecule has 0 aromatic heterocycles. The Hall–Kier alpha value is -4.25. The predicted molar refractivity (Wildman–Crippen MR) is 139 cm³/mol. The first kappa shape index (κ1) is 22.0. The van der Waals surface area contributed by atoms with Crippen molar-refractivity contribution in [2.24, 2.45) is 15.3 Å². The van der Waals surface area contributed by atoms with Gasteiger partial charge in [-0.2, -0.15) is 15.3 Å². The number of azo groups is 1. The molecule has 0 N–H and O–H groups in total. The van der Waals surface area contributed by atoms with Gasteiger partial charge in [0.05, 0.1) is 29.0 Å². The van der Waals surface area contributed by atoms with Crippen molar-refractivity contribution < 1.29 is 0 Å². The molecule has 0 spiro atoms. The SMILES string of the molecule is Cc1cc(N(C)C)ccc1N=Nc1ccc(C=NN(c2ccccc2)c2ccccc2)cc1. The molecule has 4 rings (SSSR count). The van der Waals surface area contributed by atoms with Crippen molar-refractivity contribution in [3.63, 3.8) is 0 Å². The first-order valence-corrected chi connectivity index (χ1v) is 10.8. The van der Waals surface area contributed by atoms with Gasteiger partial charge in [0, 0.05) is 19.8 Å². The molecular weight excluding hydrogens is 406 g/mol. The monoisotopic (exact) mass is 433 g/mol. The summed E-state index contributed by atoms with van der Waals surface area (Å²) in [6, 6.07) is 34.3. The fraction of sp³-hybridized carbons (Fsp3) is 0.107. The molecule has 0 heterocycles. The van der Waals surface area contributed by atoms with Gasteiger partial charge in [-0.15, -0.1) is 0 Å². The van der Waals surface area contributed by atoms with Gasteiger partial charge in [-0.05, 0) is 72.6 Å². The molecule has 0 atom stereocenters. The Kier molecular flexibility index (Phi) is 6.90. The van der Waals surface area contributed by atoms with E-state index < -0.39 is 0 Å². The molecule has 0 saturated carbocycles. The van der Waals surface area contributed by atoms with E-state index in [2.05, 4.69) is 21.2 Å². The van der Waals surface area contributed by atoms with Gasteiger partial charge in [0.15, 0.2) is 0 Å². The van der Waals surface area contributed by atoms with Crippen molar-refractivity contribution in [3.05, 3.63) is 114 Å². The van der Waals surface area contributed by atoms with Gasteiger partial charge in [-0.3, -0.25) is 0 Å². The van der Waals surface area contributed by atoms with Crippen molar-refractivity contribution in [1.29, 1.82) is 0 Å². The maximum Gasteiger partial charge on any atom is 0.0887 e. The van der Waals surface area contributed by atoms with E-state index in [0.29, 0.717) is 0 Å². The second-order valence-corrected chi connectivity index (χ2v) is 7.88. The lowest BCUT2D eigenvalue weighted by atomic mass is 10.2. The van der Waals surface area contributed by atoms with E-state index in [1.54, 1.807) is 0 Å². The van der Waals surface area contributed by atoms with Crippen LogP contribution >= 0.6 is 0 Å². The van der Waals surface area contributed by atoms with Crippen molar-refractivity contribution in [1.82, 2.24) is 0 Å². The number of nitrogens with zero attached hydrogens (tertiary/aromatic N) is 5. The molecule has 0 unspecified atom stereocenters. The standard InChI is InChI=1S/C28H27N5/c1-22-20-27(32(2)3)18-19-28(22)31-30-24-16-14-23(15-17-24)21-29-33(25-10-6-4-7-11-25)26-12-8-5-9-13-26/h4-21H,1-3H3. The molecule has 0 bridgehead atoms. The van der Waals surface area contributed by atoms with Crippen LogP contribution in [0.25, 0.3) is 0 Å². The molecule has 4 aromatic carbocycles. The van der Waals surface area contributed by atoms with Gasteiger partial charge in [-0.1, -0.05) is 48.5 Å². The first-order chi connectivity index (χ1) is 16.1. The summed E-state index contributed by atoms with van der Waals surface area (Å²) in [5.41, 5.74) is 6.89. The molecule has 0 aliphatic heterocycles. The highest BCUT2D eigenvalue weighted by atomic mass is 15.5. The Morgan fingerprint density at radius 2 is 1.24 bits per heavy atom. The molecular formula is C28H27N5. The Bertz CT molecular complexity index is 1190. The third-order valence-corrected chi connectivity index (χ3v) is 5.19. The zero-order chi connectivity index (χ0) is 23.0. The van der Waals surface area contributed by atoms with Gasteiger partial charge in [0.2, 0.25) is 0 Å². The van der Waals surface area contributed by atoms with Crippen molar-refractivity contribution >= 4 is 34.7 Å². The lowest BCUT2D eigenvalue weighted by Crippen LogP contribution is -2.09. The zero-order valence-corrected chi connectivity index (χ0v) is 19.1. The zero-order valence-electron chi connectivity index (χ0n) is 19.1. The number of hydrazone groups is 1. The van der Waals surface area contributed by atoms with Crippen LogP contribution < -0.4 is 9.91 Å². The van der Waals surface area contributed by atoms with Crippen molar-refractivity contribution in [2.45, 2.75) is 6.92 Å². The van der Waals surface area contributed by atoms with E-state index in [1.165, 1.54) is 0 Å². The summed E-state index contributed by atoms with van der Waals surface area (Å²) in [5.74, 6) is 0. The Balaban J connectivity index is 1.50. The summed E-state index contributed by atoms with van der Waals surface area (Å²) in [6.45, 7) is 2.05. The summed E-state index contributed by atoms with van der Waals surface area (Å²) in [7, 11) is 4.06. The van der Waals surface area contributed by atoms with E-state index >= 15 is 0 Å². The minimum absolute atomic E-state index is 0.797. The minimum atomic E-state index is 0.797. The van der Waals surface area contributed by atoms with Crippen LogP contribution in [0.1, 0.15) is 11.1 Å². The molecule has 5 heteroatoms. The molecule has 0 aliphatic carbocycles. The van der Waals surface area contributed by atoms with Crippen LogP contribution in [0.15, 0.2) is 118 Å². The number of hydrogen-bond acceptors (Lipinski definition) is 5. The second-order valence-electron chi connectivity index (χ2n) is 7.88. The van der Waals surface area contributed by atoms with Crippen LogP contribution in [0.2, 0.25) is 0 Å². The van der Waals surface area contributed by atoms with Crippen LogP contribution in [0.5, 0.6) is 0 Å². The van der Waals surface area contributed by atoms with Gasteiger partial charge >= 0.3 is 0 Å². The molecule has 0 aliphatic rings. The number of benzene rings is 4. The van der Waals surface area contributed by atoms with Gasteiger partial charge in [-0.25, -0.2) is 5.01 Å². The fourth-order valence-electron chi connectivity index (χ4n) is 3.31. The number of aryl methyl sites for hydroxylation is 1. The van der Waals surface area contributed by atoms with E-state index in [-0.39, 0.29) is 0 Å². The summed E-state index contributed by atoms with van der Waals surface area (Å²) in [6.07, 6.45) is 1.85. The van der Waals surface area contributed by atoms with E-state index in [9.17, 15) is 0 Å². The summed E-state index contributed by atoms with van der Waals surface area (Å²) in [5, 5.41) is 15.5. The topological polar surface area (TPSA) is 43.6 Å². The largest absolute Gasteiger partial charge is 0.378 e. The fourth-order valence-corrected chi connectivity index (χ4v) is 3.31. The maximum absolute atomic E-state index is 4.74. The van der Waals surface area contributed by atoms with Gasteiger partial charge < -0.3 is 4.90 Å². The molecule has 0 amide bonds. The third kappa shape index (κ3) is 5.71. The maximum atomic E-state index is 4.74. The van der Waals surface area contributed by atoms with Crippen LogP contribution in [0.3, 0.4) is 0 Å². The first-order valence-electron chi connectivity index (χ1n) is 10.8. The molecule has 0 fully saturated rings. The minimum Gasteiger partial charge on any atom is -0.378 e. The number of anilines is 3. The smallest absolute Gasteiger partial charge is 0.0887 e. The van der Waals surface area contributed by atoms with Crippen LogP contribution in [0.4, 0.5) is 28.4 Å². The highest BCUT2D eigenvalue weighted by Crippen LogP contribution is 2.27. The molecule has 5 nitrogen and oxygen atoms in total. The molecule has 33 heavy (non-hydrogen) atoms. The highest BCUT2D eigenvalue weighted by Gasteiger charge is 2.06. The summed E-state index contributed by atoms with van der Waals surface area (Å²) in [4.78, 5) is 2.07. The van der Waals surface area contributed by atoms with E-state index in [1.807, 2.05) is 129 Å². The predicted octanol–water partition coefficient (Wildman–Crippen LogP) is 7.65. The lowest BCUT2D eigenvalue weighted by molar-refractivity contribution is 1.09. The van der Waals surface area contributed by atoms with Crippen LogP contribution in [-0.4, -0.2) is 20.3 Å². The Labute approximate surface area is 195 Å². The normalized spacial score (nSPS) is 11.2. The van der Waals surface area contributed by atoms with E-state index in [4.69, 9.17) is 5.10 Å². The Morgan fingerprint density at radius 3 is 1.79 bits per heavy atom. The third-order valence-electron chi connectivity index (χ3n) is 5.19. The molecule has 0 radical (unpaired) electrons. The molecule has 164 valence electrons. The van der Waals surface area contributed by atoms with Crippen molar-refractivity contribution in [2.75, 3.05) is 24.0 Å². The lowest BCUT2D eigenvalue weighted by Gasteiger charge is -2.19. The molecule has 4 aromatic rings. The summed E-state index contributed by atoms with van der Waals surface area (Å²) < 4.78 is 0. The number of para-hydroxylation sites is 2. The number of hydrogen-bond donors (Lipinski definition) is 0. The Morgan fingerprint density at radius 1 is 0.636 bits per heavy atom. The van der Waals surface area contributed by atoms with Gasteiger partial charge in [0.25, 0.3) is 0 Å². The average molecular weight is 434 g/mol. The van der Waals surface area contributed by atoms with Crippen molar-refractivity contribution in [3.8, 4) is 0 Å². The summed E-state index contributed by atoms with van der Waals surface area (Å²) >= 11 is 0. The van der Waals surface area contributed by atoms with Gasteiger partial charge in [0.1, 0.15) is 0 Å². The van der Waals surface area contributed by atoms with Crippen LogP contribution in [-0.2, 0) is 0 Å². The average Bonchev–Trinajstić information content (AvgIpc) is 2.85.